The number of carboxylic acid groups (broad SMARTS) is 1. The smallest absolute Gasteiger partial charge is 0.326 e. The fourth-order valence-corrected chi connectivity index (χ4v) is 2.51. The fraction of sp³-hybridized carbons (Fsp3) is 0.250. The van der Waals surface area contributed by atoms with Crippen LogP contribution in [0.15, 0.2) is 48.8 Å². The van der Waals surface area contributed by atoms with Crippen LogP contribution >= 0.6 is 11.8 Å². The SMILES string of the molecule is CSCCC(NC(=O)Nc1ccc(-n2cccc2)cc1)C(=O)O. The second kappa shape index (κ2) is 8.28. The first-order valence-electron chi connectivity index (χ1n) is 7.13. The Kier molecular flexibility index (Phi) is 6.10. The molecule has 0 saturated heterocycles. The number of aromatic nitrogens is 1. The van der Waals surface area contributed by atoms with Gasteiger partial charge in [0.05, 0.1) is 0 Å². The first-order chi connectivity index (χ1) is 11.1. The van der Waals surface area contributed by atoms with Gasteiger partial charge in [-0.25, -0.2) is 9.59 Å². The molecule has 1 heterocycles. The molecule has 7 heteroatoms. The molecule has 1 aromatic carbocycles. The van der Waals surface area contributed by atoms with Crippen LogP contribution in [0.25, 0.3) is 5.69 Å². The number of aliphatic carboxylic acids is 1. The van der Waals surface area contributed by atoms with Gasteiger partial charge in [0.1, 0.15) is 6.04 Å². The molecule has 6 nitrogen and oxygen atoms in total. The molecule has 0 saturated carbocycles. The number of nitrogens with one attached hydrogen (secondary N) is 2. The van der Waals surface area contributed by atoms with E-state index in [1.54, 1.807) is 23.9 Å². The van der Waals surface area contributed by atoms with E-state index < -0.39 is 18.0 Å². The number of hydrogen-bond acceptors (Lipinski definition) is 3. The molecule has 122 valence electrons. The summed E-state index contributed by atoms with van der Waals surface area (Å²) in [6.45, 7) is 0. The Labute approximate surface area is 138 Å². The van der Waals surface area contributed by atoms with E-state index in [9.17, 15) is 9.59 Å². The molecule has 1 aromatic heterocycles. The van der Waals surface area contributed by atoms with Gasteiger partial charge < -0.3 is 20.3 Å². The van der Waals surface area contributed by atoms with Gasteiger partial charge in [-0.3, -0.25) is 0 Å². The van der Waals surface area contributed by atoms with Crippen LogP contribution in [0.5, 0.6) is 0 Å². The Morgan fingerprint density at radius 1 is 1.22 bits per heavy atom. The summed E-state index contributed by atoms with van der Waals surface area (Å²) in [7, 11) is 0. The second-order valence-corrected chi connectivity index (χ2v) is 5.89. The quantitative estimate of drug-likeness (QED) is 0.727. The van der Waals surface area contributed by atoms with Gasteiger partial charge in [0, 0.05) is 23.8 Å². The van der Waals surface area contributed by atoms with E-state index in [4.69, 9.17) is 5.11 Å². The van der Waals surface area contributed by atoms with Gasteiger partial charge in [-0.1, -0.05) is 0 Å². The predicted molar refractivity (Wildman–Crippen MR) is 92.3 cm³/mol. The van der Waals surface area contributed by atoms with Crippen molar-refractivity contribution in [3.63, 3.8) is 0 Å². The highest BCUT2D eigenvalue weighted by atomic mass is 32.2. The van der Waals surface area contributed by atoms with Crippen molar-refractivity contribution in [3.05, 3.63) is 48.8 Å². The maximum absolute atomic E-state index is 11.9. The molecule has 1 atom stereocenters. The second-order valence-electron chi connectivity index (χ2n) is 4.91. The monoisotopic (exact) mass is 333 g/mol. The van der Waals surface area contributed by atoms with E-state index in [0.717, 1.165) is 5.69 Å². The van der Waals surface area contributed by atoms with Crippen LogP contribution in [0.2, 0.25) is 0 Å². The molecular formula is C16H19N3O3S. The lowest BCUT2D eigenvalue weighted by atomic mass is 10.2. The summed E-state index contributed by atoms with van der Waals surface area (Å²) in [6.07, 6.45) is 6.14. The number of rotatable bonds is 7. The molecule has 1 unspecified atom stereocenters. The van der Waals surface area contributed by atoms with Crippen molar-refractivity contribution in [2.75, 3.05) is 17.3 Å². The maximum Gasteiger partial charge on any atom is 0.326 e. The number of anilines is 1. The molecule has 0 radical (unpaired) electrons. The summed E-state index contributed by atoms with van der Waals surface area (Å²) in [5.41, 5.74) is 1.58. The van der Waals surface area contributed by atoms with Crippen LogP contribution in [0.3, 0.4) is 0 Å². The molecule has 0 aliphatic heterocycles. The highest BCUT2D eigenvalue weighted by Crippen LogP contribution is 2.13. The number of amides is 2. The normalized spacial score (nSPS) is 11.7. The first kappa shape index (κ1) is 17.0. The number of carboxylic acids is 1. The van der Waals surface area contributed by atoms with Gasteiger partial charge in [-0.15, -0.1) is 0 Å². The minimum absolute atomic E-state index is 0.385. The molecule has 0 aliphatic rings. The third-order valence-corrected chi connectivity index (χ3v) is 3.89. The van der Waals surface area contributed by atoms with Crippen molar-refractivity contribution in [2.45, 2.75) is 12.5 Å². The fourth-order valence-electron chi connectivity index (χ4n) is 2.04. The minimum atomic E-state index is -1.03. The van der Waals surface area contributed by atoms with Crippen molar-refractivity contribution in [2.24, 2.45) is 0 Å². The average molecular weight is 333 g/mol. The third-order valence-electron chi connectivity index (χ3n) is 3.24. The first-order valence-corrected chi connectivity index (χ1v) is 8.52. The van der Waals surface area contributed by atoms with E-state index in [-0.39, 0.29) is 0 Å². The molecule has 3 N–H and O–H groups in total. The number of nitrogens with zero attached hydrogens (tertiary/aromatic N) is 1. The Bertz CT molecular complexity index is 641. The number of carbonyl (C=O) groups is 2. The minimum Gasteiger partial charge on any atom is -0.480 e. The van der Waals surface area contributed by atoms with Crippen LogP contribution in [0, 0.1) is 0 Å². The highest BCUT2D eigenvalue weighted by molar-refractivity contribution is 7.98. The van der Waals surface area contributed by atoms with Crippen molar-refractivity contribution < 1.29 is 14.7 Å². The van der Waals surface area contributed by atoms with E-state index in [2.05, 4.69) is 10.6 Å². The zero-order valence-electron chi connectivity index (χ0n) is 12.7. The molecule has 23 heavy (non-hydrogen) atoms. The zero-order valence-corrected chi connectivity index (χ0v) is 13.5. The van der Waals surface area contributed by atoms with Crippen LogP contribution in [0.4, 0.5) is 10.5 Å². The van der Waals surface area contributed by atoms with E-state index in [0.29, 0.717) is 17.9 Å². The van der Waals surface area contributed by atoms with Crippen LogP contribution in [-0.4, -0.2) is 39.7 Å². The van der Waals surface area contributed by atoms with Gasteiger partial charge in [0.2, 0.25) is 0 Å². The lowest BCUT2D eigenvalue weighted by molar-refractivity contribution is -0.139. The van der Waals surface area contributed by atoms with Crippen LogP contribution in [0.1, 0.15) is 6.42 Å². The van der Waals surface area contributed by atoms with Crippen LogP contribution in [-0.2, 0) is 4.79 Å². The molecule has 2 rings (SSSR count). The van der Waals surface area contributed by atoms with Gasteiger partial charge in [-0.05, 0) is 54.8 Å². The average Bonchev–Trinajstić information content (AvgIpc) is 3.06. The summed E-state index contributed by atoms with van der Waals surface area (Å²) in [4.78, 5) is 23.0. The van der Waals surface area contributed by atoms with E-state index >= 15 is 0 Å². The van der Waals surface area contributed by atoms with Gasteiger partial charge in [0.15, 0.2) is 0 Å². The van der Waals surface area contributed by atoms with E-state index in [1.165, 1.54) is 0 Å². The number of hydrogen-bond donors (Lipinski definition) is 3. The molecule has 2 aromatic rings. The Balaban J connectivity index is 1.93. The van der Waals surface area contributed by atoms with Gasteiger partial charge in [0.25, 0.3) is 0 Å². The maximum atomic E-state index is 11.9. The van der Waals surface area contributed by atoms with Crippen molar-refractivity contribution in [1.29, 1.82) is 0 Å². The summed E-state index contributed by atoms with van der Waals surface area (Å²) in [6, 6.07) is 9.74. The molecule has 0 aliphatic carbocycles. The largest absolute Gasteiger partial charge is 0.480 e. The Morgan fingerprint density at radius 2 is 1.87 bits per heavy atom. The Hall–Kier alpha value is -2.41. The molecule has 0 spiro atoms. The zero-order chi connectivity index (χ0) is 16.7. The number of thioether (sulfide) groups is 1. The number of urea groups is 1. The summed E-state index contributed by atoms with van der Waals surface area (Å²) in [5.74, 6) is -0.361. The van der Waals surface area contributed by atoms with Gasteiger partial charge >= 0.3 is 12.0 Å². The molecule has 0 fully saturated rings. The lowest BCUT2D eigenvalue weighted by Gasteiger charge is -2.15. The number of benzene rings is 1. The molecular weight excluding hydrogens is 314 g/mol. The molecule has 0 bridgehead atoms. The summed E-state index contributed by atoms with van der Waals surface area (Å²) in [5, 5.41) is 14.2. The highest BCUT2D eigenvalue weighted by Gasteiger charge is 2.19. The van der Waals surface area contributed by atoms with E-state index in [1.807, 2.05) is 47.5 Å². The van der Waals surface area contributed by atoms with Crippen molar-refractivity contribution >= 4 is 29.4 Å². The van der Waals surface area contributed by atoms with Crippen molar-refractivity contribution in [3.8, 4) is 5.69 Å². The molecule has 2 amide bonds. The Morgan fingerprint density at radius 3 is 2.43 bits per heavy atom. The van der Waals surface area contributed by atoms with Crippen molar-refractivity contribution in [1.82, 2.24) is 9.88 Å². The standard InChI is InChI=1S/C16H19N3O3S/c1-23-11-8-14(15(20)21)18-16(22)17-12-4-6-13(7-5-12)19-9-2-3-10-19/h2-7,9-10,14H,8,11H2,1H3,(H,20,21)(H2,17,18,22). The summed E-state index contributed by atoms with van der Waals surface area (Å²) >= 11 is 1.54. The van der Waals surface area contributed by atoms with Gasteiger partial charge in [-0.2, -0.15) is 11.8 Å². The third kappa shape index (κ3) is 5.07. The number of carbonyl (C=O) groups excluding carboxylic acids is 1. The lowest BCUT2D eigenvalue weighted by Crippen LogP contribution is -2.43. The van der Waals surface area contributed by atoms with Crippen LogP contribution < -0.4 is 10.6 Å². The summed E-state index contributed by atoms with van der Waals surface area (Å²) < 4.78 is 1.95. The predicted octanol–water partition coefficient (Wildman–Crippen LogP) is 2.81. The topological polar surface area (TPSA) is 83.4 Å².